The Hall–Kier alpha value is -3.83. The summed E-state index contributed by atoms with van der Waals surface area (Å²) in [6, 6.07) is 2.47. The molecule has 298 valence electrons. The van der Waals surface area contributed by atoms with Crippen molar-refractivity contribution in [3.63, 3.8) is 0 Å². The van der Waals surface area contributed by atoms with Crippen molar-refractivity contribution in [3.05, 3.63) is 46.5 Å². The maximum Gasteiger partial charge on any atom is 0.409 e. The molecule has 3 aliphatic heterocycles. The number of alkyl carbamates (subject to hydrolysis) is 1. The van der Waals surface area contributed by atoms with Crippen molar-refractivity contribution in [2.24, 2.45) is 5.92 Å². The smallest absolute Gasteiger partial charge is 0.409 e. The second kappa shape index (κ2) is 17.8. The summed E-state index contributed by atoms with van der Waals surface area (Å²) in [6.07, 6.45) is 0.627. The van der Waals surface area contributed by atoms with Gasteiger partial charge in [0.15, 0.2) is 5.72 Å². The minimum atomic E-state index is -1.85. The molecule has 0 aliphatic carbocycles. The number of esters is 1. The average Bonchev–Trinajstić information content (AvgIpc) is 3.81. The molecule has 0 radical (unpaired) electrons. The van der Waals surface area contributed by atoms with Crippen molar-refractivity contribution in [1.29, 1.82) is 0 Å². The minimum Gasteiger partial charge on any atom is -0.495 e. The van der Waals surface area contributed by atoms with Crippen LogP contribution in [-0.4, -0.2) is 127 Å². The summed E-state index contributed by atoms with van der Waals surface area (Å²) < 4.78 is 29.1. The number of nitrogens with one attached hydrogen (secondary N) is 1. The molecular formula is C37H50ClN3O12S. The van der Waals surface area contributed by atoms with Crippen molar-refractivity contribution in [2.75, 3.05) is 44.7 Å². The van der Waals surface area contributed by atoms with Crippen LogP contribution in [0.1, 0.15) is 52.5 Å². The molecule has 1 aromatic carbocycles. The number of epoxide rings is 1. The van der Waals surface area contributed by atoms with Gasteiger partial charge in [-0.2, -0.15) is 0 Å². The van der Waals surface area contributed by atoms with Crippen LogP contribution in [0.15, 0.2) is 35.9 Å². The highest BCUT2D eigenvalue weighted by Gasteiger charge is 2.64. The number of benzene rings is 1. The van der Waals surface area contributed by atoms with E-state index < -0.39 is 77.5 Å². The molecule has 17 heteroatoms. The monoisotopic (exact) mass is 795 g/mol. The number of aliphatic carboxylic acids is 1. The van der Waals surface area contributed by atoms with Crippen LogP contribution in [0.3, 0.4) is 0 Å². The first-order valence-corrected chi connectivity index (χ1v) is 19.0. The molecular weight excluding hydrogens is 746 g/mol. The third-order valence-corrected chi connectivity index (χ3v) is 11.5. The van der Waals surface area contributed by atoms with E-state index in [0.29, 0.717) is 17.9 Å². The molecule has 1 aromatic rings. The Bertz CT molecular complexity index is 1670. The van der Waals surface area contributed by atoms with Crippen LogP contribution < -0.4 is 15.0 Å². The molecule has 4 bridgehead atoms. The molecule has 8 atom stereocenters. The van der Waals surface area contributed by atoms with Crippen LogP contribution in [0.25, 0.3) is 0 Å². The molecule has 15 nitrogen and oxygen atoms in total. The Morgan fingerprint density at radius 1 is 1.24 bits per heavy atom. The number of halogens is 1. The predicted molar refractivity (Wildman–Crippen MR) is 201 cm³/mol. The fourth-order valence-electron chi connectivity index (χ4n) is 6.71. The lowest BCUT2D eigenvalue weighted by Crippen LogP contribution is -2.63. The van der Waals surface area contributed by atoms with E-state index in [9.17, 15) is 29.1 Å². The summed E-state index contributed by atoms with van der Waals surface area (Å²) in [7, 11) is 5.87. The highest BCUT2D eigenvalue weighted by Crippen LogP contribution is 2.49. The Morgan fingerprint density at radius 2 is 1.94 bits per heavy atom. The van der Waals surface area contributed by atoms with Crippen LogP contribution in [0.2, 0.25) is 5.02 Å². The van der Waals surface area contributed by atoms with Gasteiger partial charge in [-0.05, 0) is 44.9 Å². The van der Waals surface area contributed by atoms with Crippen molar-refractivity contribution >= 4 is 58.9 Å². The number of carboxylic acid groups (broad SMARTS) is 1. The lowest BCUT2D eigenvalue weighted by Gasteiger charge is -2.42. The fourth-order valence-corrected chi connectivity index (χ4v) is 7.66. The Kier molecular flexibility index (Phi) is 14.1. The minimum absolute atomic E-state index is 0.00116. The van der Waals surface area contributed by atoms with Crippen LogP contribution >= 0.6 is 23.4 Å². The van der Waals surface area contributed by atoms with E-state index in [4.69, 9.17) is 40.4 Å². The molecule has 0 unspecified atom stereocenters. The zero-order valence-electron chi connectivity index (χ0n) is 31.8. The summed E-state index contributed by atoms with van der Waals surface area (Å²) in [5.74, 6) is -2.79. The largest absolute Gasteiger partial charge is 0.495 e. The summed E-state index contributed by atoms with van der Waals surface area (Å²) >= 11 is 7.82. The van der Waals surface area contributed by atoms with Crippen molar-refractivity contribution < 1.29 is 57.9 Å². The van der Waals surface area contributed by atoms with E-state index in [1.54, 1.807) is 45.2 Å². The van der Waals surface area contributed by atoms with Crippen molar-refractivity contribution in [2.45, 2.75) is 95.2 Å². The van der Waals surface area contributed by atoms with Gasteiger partial charge in [0.25, 0.3) is 0 Å². The summed E-state index contributed by atoms with van der Waals surface area (Å²) in [5.41, 5.74) is -1.06. The molecule has 3 amide bonds. The molecule has 4 rings (SSSR count). The Balaban J connectivity index is 1.71. The van der Waals surface area contributed by atoms with E-state index >= 15 is 0 Å². The number of amides is 3. The molecule has 3 heterocycles. The van der Waals surface area contributed by atoms with E-state index in [-0.39, 0.29) is 35.8 Å². The van der Waals surface area contributed by atoms with Crippen LogP contribution in [0, 0.1) is 5.92 Å². The Morgan fingerprint density at radius 3 is 2.59 bits per heavy atom. The van der Waals surface area contributed by atoms with Gasteiger partial charge in [0.2, 0.25) is 11.8 Å². The third-order valence-electron chi connectivity index (χ3n) is 10.2. The number of carbonyl (C=O) groups is 5. The number of rotatable bonds is 10. The number of thioether (sulfide) groups is 1. The summed E-state index contributed by atoms with van der Waals surface area (Å²) in [5, 5.41) is 23.3. The number of hydrogen-bond donors (Lipinski definition) is 3. The van der Waals surface area contributed by atoms with Gasteiger partial charge in [0.05, 0.1) is 31.1 Å². The van der Waals surface area contributed by atoms with Gasteiger partial charge in [-0.15, -0.1) is 11.8 Å². The van der Waals surface area contributed by atoms with E-state index in [2.05, 4.69) is 5.32 Å². The molecule has 3 N–H and O–H groups in total. The number of nitrogens with zero attached hydrogens (tertiary/aromatic N) is 2. The number of carbonyl (C=O) groups excluding carboxylic acids is 4. The lowest BCUT2D eigenvalue weighted by atomic mass is 9.83. The Labute approximate surface area is 324 Å². The van der Waals surface area contributed by atoms with Gasteiger partial charge in [0, 0.05) is 45.7 Å². The third kappa shape index (κ3) is 9.88. The highest BCUT2D eigenvalue weighted by atomic mass is 35.5. The van der Waals surface area contributed by atoms with E-state index in [1.807, 2.05) is 13.0 Å². The normalized spacial score (nSPS) is 30.7. The first-order valence-electron chi connectivity index (χ1n) is 17.5. The predicted octanol–water partition coefficient (Wildman–Crippen LogP) is 3.72. The van der Waals surface area contributed by atoms with Gasteiger partial charge in [-0.3, -0.25) is 19.7 Å². The lowest BCUT2D eigenvalue weighted by molar-refractivity contribution is -0.162. The van der Waals surface area contributed by atoms with E-state index in [0.717, 1.165) is 22.9 Å². The van der Waals surface area contributed by atoms with E-state index in [1.165, 1.54) is 38.0 Å². The molecule has 2 fully saturated rings. The number of methoxy groups -OCH3 is 2. The fraction of sp³-hybridized carbons (Fsp3) is 0.595. The summed E-state index contributed by atoms with van der Waals surface area (Å²) in [4.78, 5) is 67.0. The quantitative estimate of drug-likeness (QED) is 0.176. The van der Waals surface area contributed by atoms with Crippen LogP contribution in [0.5, 0.6) is 5.75 Å². The van der Waals surface area contributed by atoms with Gasteiger partial charge in [-0.25, -0.2) is 9.59 Å². The molecule has 54 heavy (non-hydrogen) atoms. The number of ether oxygens (including phenoxy) is 5. The molecule has 0 aromatic heterocycles. The van der Waals surface area contributed by atoms with Crippen molar-refractivity contribution in [3.8, 4) is 5.75 Å². The number of likely N-dealkylation sites (N-methyl/N-ethyl adjacent to an activating group) is 1. The van der Waals surface area contributed by atoms with Gasteiger partial charge in [-0.1, -0.05) is 42.3 Å². The molecule has 2 saturated heterocycles. The zero-order chi connectivity index (χ0) is 40.1. The highest BCUT2D eigenvalue weighted by molar-refractivity contribution is 7.99. The maximum absolute atomic E-state index is 14.1. The first kappa shape index (κ1) is 42.9. The van der Waals surface area contributed by atoms with Crippen LogP contribution in [0.4, 0.5) is 10.5 Å². The second-order valence-corrected chi connectivity index (χ2v) is 15.6. The van der Waals surface area contributed by atoms with Crippen molar-refractivity contribution in [1.82, 2.24) is 10.2 Å². The SMILES string of the molecule is COc1cc2cc(c1Cl)N(C)C(=O)C[C@H](OC(=O)[C@@H](C)N(C)C(=O)CCSCC(=O)O)[C@]1(C)O[C@H]1[C@H](C)[C@@H]1C[C@@](O)(NC(=O)O1)[C@H](OC)/C=C/C=C(\C)C2. The van der Waals surface area contributed by atoms with Gasteiger partial charge in [0.1, 0.15) is 40.7 Å². The first-order chi connectivity index (χ1) is 25.3. The number of allylic oxidation sites excluding steroid dienone is 3. The maximum atomic E-state index is 14.1. The number of aliphatic hydroxyl groups is 1. The average molecular weight is 796 g/mol. The number of carboxylic acids is 1. The number of hydrogen-bond acceptors (Lipinski definition) is 12. The second-order valence-electron chi connectivity index (χ2n) is 14.1. The molecule has 3 aliphatic rings. The summed E-state index contributed by atoms with van der Waals surface area (Å²) in [6.45, 7) is 6.85. The van der Waals surface area contributed by atoms with Gasteiger partial charge >= 0.3 is 18.0 Å². The van der Waals surface area contributed by atoms with Gasteiger partial charge < -0.3 is 43.7 Å². The van der Waals surface area contributed by atoms with Crippen LogP contribution in [-0.2, 0) is 44.5 Å². The number of anilines is 1. The topological polar surface area (TPSA) is 194 Å². The zero-order valence-corrected chi connectivity index (χ0v) is 33.3. The molecule has 0 saturated carbocycles. The number of fused-ring (bicyclic) bond motifs is 5. The standard InChI is InChI=1S/C37H50ClN3O12S/c1-20-10-9-11-27(50-8)37(48)18-26(51-35(47)39-37)21(2)33-36(4,53-33)28(52-34(46)22(3)40(5)29(42)12-13-54-19-31(44)45)17-30(43)41(6)24-15-23(14-20)16-25(49-7)32(24)38/h9-11,15-16,21-22,26-28,33,48H,12-14,17-19H2,1-8H3,(H,39,47)(H,44,45)/b11-9+,20-10+/t21-,22-,26+,27-,28+,33+,36+,37+/m1/s1. The molecule has 0 spiro atoms.